The van der Waals surface area contributed by atoms with Crippen LogP contribution < -0.4 is 10.6 Å². The lowest BCUT2D eigenvalue weighted by Gasteiger charge is -2.28. The predicted molar refractivity (Wildman–Crippen MR) is 117 cm³/mol. The van der Waals surface area contributed by atoms with E-state index in [1.807, 2.05) is 0 Å². The summed E-state index contributed by atoms with van der Waals surface area (Å²) >= 11 is 0. The number of nitrogens with zero attached hydrogens (tertiary/aromatic N) is 2. The summed E-state index contributed by atoms with van der Waals surface area (Å²) in [6, 6.07) is 3.68. The van der Waals surface area contributed by atoms with Gasteiger partial charge in [0.2, 0.25) is 11.8 Å². The number of benzene rings is 1. The lowest BCUT2D eigenvalue weighted by atomic mass is 9.92. The molecule has 0 bridgehead atoms. The third-order valence-corrected chi connectivity index (χ3v) is 7.46. The van der Waals surface area contributed by atoms with Crippen molar-refractivity contribution in [2.45, 2.75) is 44.2 Å². The number of nitriles is 1. The minimum atomic E-state index is -0.844. The van der Waals surface area contributed by atoms with Crippen molar-refractivity contribution in [3.05, 3.63) is 35.5 Å². The second-order valence-electron chi connectivity index (χ2n) is 9.49. The molecule has 5 atom stereocenters. The van der Waals surface area contributed by atoms with Crippen LogP contribution >= 0.6 is 0 Å². The number of aromatic nitrogens is 1. The summed E-state index contributed by atoms with van der Waals surface area (Å²) in [7, 11) is 0. The SMILES string of the molecule is N#C[C@H](CC1CCNC1=O)NC(=O)[C@@H]1C2CCCC2CN1C(=O)c1cc2c(F)cc(F)cc2[nH]1. The van der Waals surface area contributed by atoms with Crippen LogP contribution in [0.15, 0.2) is 18.2 Å². The molecule has 3 N–H and O–H groups in total. The van der Waals surface area contributed by atoms with Crippen LogP contribution in [0.5, 0.6) is 0 Å². The number of carbonyl (C=O) groups is 3. The number of hydrogen-bond acceptors (Lipinski definition) is 4. The molecule has 2 aromatic rings. The minimum Gasteiger partial charge on any atom is -0.356 e. The number of amides is 3. The summed E-state index contributed by atoms with van der Waals surface area (Å²) in [6.45, 7) is 0.940. The quantitative estimate of drug-likeness (QED) is 0.622. The molecule has 8 nitrogen and oxygen atoms in total. The molecule has 5 rings (SSSR count). The highest BCUT2D eigenvalue weighted by atomic mass is 19.1. The first kappa shape index (κ1) is 22.3. The zero-order valence-corrected chi connectivity index (χ0v) is 18.4. The second-order valence-corrected chi connectivity index (χ2v) is 9.49. The largest absolute Gasteiger partial charge is 0.356 e. The van der Waals surface area contributed by atoms with Crippen LogP contribution in [-0.4, -0.2) is 52.8 Å². The second kappa shape index (κ2) is 8.70. The van der Waals surface area contributed by atoms with Gasteiger partial charge in [-0.15, -0.1) is 0 Å². The third-order valence-electron chi connectivity index (χ3n) is 7.46. The number of aromatic amines is 1. The molecule has 178 valence electrons. The van der Waals surface area contributed by atoms with Gasteiger partial charge in [0, 0.05) is 30.5 Å². The molecule has 10 heteroatoms. The van der Waals surface area contributed by atoms with Gasteiger partial charge in [0.05, 0.1) is 11.6 Å². The lowest BCUT2D eigenvalue weighted by molar-refractivity contribution is -0.127. The summed E-state index contributed by atoms with van der Waals surface area (Å²) in [6.07, 6.45) is 3.48. The highest BCUT2D eigenvalue weighted by Crippen LogP contribution is 2.43. The Morgan fingerprint density at radius 2 is 2.06 bits per heavy atom. The molecule has 3 heterocycles. The number of nitrogens with one attached hydrogen (secondary N) is 3. The van der Waals surface area contributed by atoms with Crippen molar-refractivity contribution in [3.8, 4) is 6.07 Å². The summed E-state index contributed by atoms with van der Waals surface area (Å²) in [4.78, 5) is 42.9. The van der Waals surface area contributed by atoms with E-state index in [0.29, 0.717) is 19.5 Å². The Hall–Kier alpha value is -3.48. The Balaban J connectivity index is 1.38. The Bertz CT molecular complexity index is 1210. The summed E-state index contributed by atoms with van der Waals surface area (Å²) in [5, 5.41) is 15.2. The number of rotatable bonds is 5. The lowest BCUT2D eigenvalue weighted by Crippen LogP contribution is -2.51. The maximum atomic E-state index is 14.2. The zero-order chi connectivity index (χ0) is 24.0. The Labute approximate surface area is 194 Å². The van der Waals surface area contributed by atoms with Crippen molar-refractivity contribution in [1.29, 1.82) is 5.26 Å². The van der Waals surface area contributed by atoms with Gasteiger partial charge >= 0.3 is 0 Å². The van der Waals surface area contributed by atoms with Crippen molar-refractivity contribution in [1.82, 2.24) is 20.5 Å². The Morgan fingerprint density at radius 3 is 2.79 bits per heavy atom. The number of hydrogen-bond donors (Lipinski definition) is 3. The van der Waals surface area contributed by atoms with E-state index in [-0.39, 0.29) is 46.7 Å². The molecule has 2 saturated heterocycles. The molecule has 1 saturated carbocycles. The van der Waals surface area contributed by atoms with Gasteiger partial charge in [-0.3, -0.25) is 14.4 Å². The predicted octanol–water partition coefficient (Wildman–Crippen LogP) is 2.22. The van der Waals surface area contributed by atoms with Crippen LogP contribution in [0.2, 0.25) is 0 Å². The van der Waals surface area contributed by atoms with Gasteiger partial charge in [0.25, 0.3) is 5.91 Å². The normalized spacial score (nSPS) is 26.9. The highest BCUT2D eigenvalue weighted by Gasteiger charge is 2.50. The molecule has 3 fully saturated rings. The van der Waals surface area contributed by atoms with E-state index in [1.165, 1.54) is 11.0 Å². The van der Waals surface area contributed by atoms with E-state index >= 15 is 0 Å². The Kier molecular flexibility index (Phi) is 5.71. The molecule has 2 aliphatic heterocycles. The van der Waals surface area contributed by atoms with Gasteiger partial charge in [-0.25, -0.2) is 8.78 Å². The van der Waals surface area contributed by atoms with Crippen LogP contribution in [0, 0.1) is 40.7 Å². The fourth-order valence-corrected chi connectivity index (χ4v) is 5.84. The van der Waals surface area contributed by atoms with Crippen LogP contribution in [0.25, 0.3) is 10.9 Å². The first-order valence-corrected chi connectivity index (χ1v) is 11.6. The fraction of sp³-hybridized carbons (Fsp3) is 0.500. The van der Waals surface area contributed by atoms with Crippen LogP contribution in [0.3, 0.4) is 0 Å². The fourth-order valence-electron chi connectivity index (χ4n) is 5.84. The molecule has 3 unspecified atom stereocenters. The average Bonchev–Trinajstić information content (AvgIpc) is 3.56. The molecule has 3 amide bonds. The average molecular weight is 469 g/mol. The maximum Gasteiger partial charge on any atom is 0.271 e. The van der Waals surface area contributed by atoms with Crippen LogP contribution in [0.1, 0.15) is 42.6 Å². The summed E-state index contributed by atoms with van der Waals surface area (Å²) in [5.41, 5.74) is 0.248. The van der Waals surface area contributed by atoms with Crippen molar-refractivity contribution < 1.29 is 23.2 Å². The van der Waals surface area contributed by atoms with E-state index in [4.69, 9.17) is 0 Å². The first-order valence-electron chi connectivity index (χ1n) is 11.6. The smallest absolute Gasteiger partial charge is 0.271 e. The molecule has 1 aliphatic carbocycles. The molecular formula is C24H25F2N5O3. The molecule has 3 aliphatic rings. The van der Waals surface area contributed by atoms with Gasteiger partial charge in [0.15, 0.2) is 0 Å². The van der Waals surface area contributed by atoms with E-state index in [1.54, 1.807) is 0 Å². The number of carbonyl (C=O) groups excluding carboxylic acids is 3. The number of halogens is 2. The van der Waals surface area contributed by atoms with Gasteiger partial charge in [-0.2, -0.15) is 5.26 Å². The molecule has 34 heavy (non-hydrogen) atoms. The minimum absolute atomic E-state index is 0.0309. The van der Waals surface area contributed by atoms with Crippen LogP contribution in [0.4, 0.5) is 8.78 Å². The highest BCUT2D eigenvalue weighted by molar-refractivity contribution is 6.01. The van der Waals surface area contributed by atoms with E-state index < -0.39 is 35.5 Å². The van der Waals surface area contributed by atoms with Crippen LogP contribution in [-0.2, 0) is 9.59 Å². The topological polar surface area (TPSA) is 118 Å². The summed E-state index contributed by atoms with van der Waals surface area (Å²) < 4.78 is 27.8. The number of fused-ring (bicyclic) bond motifs is 2. The van der Waals surface area contributed by atoms with Gasteiger partial charge in [-0.1, -0.05) is 6.42 Å². The third kappa shape index (κ3) is 3.89. The molecular weight excluding hydrogens is 444 g/mol. The van der Waals surface area contributed by atoms with Crippen molar-refractivity contribution in [2.75, 3.05) is 13.1 Å². The van der Waals surface area contributed by atoms with E-state index in [9.17, 15) is 28.4 Å². The number of H-pyrrole nitrogens is 1. The van der Waals surface area contributed by atoms with Crippen molar-refractivity contribution in [3.63, 3.8) is 0 Å². The van der Waals surface area contributed by atoms with E-state index in [0.717, 1.165) is 31.4 Å². The number of likely N-dealkylation sites (tertiary alicyclic amines) is 1. The Morgan fingerprint density at radius 1 is 1.24 bits per heavy atom. The van der Waals surface area contributed by atoms with Crippen molar-refractivity contribution in [2.24, 2.45) is 17.8 Å². The summed E-state index contributed by atoms with van der Waals surface area (Å²) in [5.74, 6) is -2.72. The monoisotopic (exact) mass is 469 g/mol. The standard InChI is InChI=1S/C24H25F2N5O3/c25-14-7-18(26)17-9-20(30-19(17)8-14)24(34)31-11-13-2-1-3-16(13)21(31)23(33)29-15(10-27)6-12-4-5-28-22(12)32/h7-9,12-13,15-16,21,30H,1-6,11H2,(H,28,32)(H,29,33)/t12?,13?,15-,16?,21-/m0/s1. The molecule has 0 radical (unpaired) electrons. The van der Waals surface area contributed by atoms with Gasteiger partial charge < -0.3 is 20.5 Å². The molecule has 0 spiro atoms. The first-order chi connectivity index (χ1) is 16.4. The van der Waals surface area contributed by atoms with Gasteiger partial charge in [-0.05, 0) is 49.7 Å². The van der Waals surface area contributed by atoms with E-state index in [2.05, 4.69) is 21.7 Å². The van der Waals surface area contributed by atoms with Crippen molar-refractivity contribution >= 4 is 28.6 Å². The zero-order valence-electron chi connectivity index (χ0n) is 18.4. The molecule has 1 aromatic carbocycles. The molecule has 1 aromatic heterocycles. The maximum absolute atomic E-state index is 14.2. The van der Waals surface area contributed by atoms with Gasteiger partial charge in [0.1, 0.15) is 29.4 Å².